The summed E-state index contributed by atoms with van der Waals surface area (Å²) in [5, 5.41) is 21.1. The summed E-state index contributed by atoms with van der Waals surface area (Å²) < 4.78 is 18.2. The molecule has 0 radical (unpaired) electrons. The van der Waals surface area contributed by atoms with Crippen LogP contribution in [0.5, 0.6) is 5.75 Å². The van der Waals surface area contributed by atoms with Crippen LogP contribution < -0.4 is 20.7 Å². The molecule has 2 aliphatic heterocycles. The molecule has 74 heavy (non-hydrogen) atoms. The highest BCUT2D eigenvalue weighted by molar-refractivity contribution is 7.20. The fourth-order valence-corrected chi connectivity index (χ4v) is 10.6. The van der Waals surface area contributed by atoms with Gasteiger partial charge in [0, 0.05) is 31.8 Å². The average Bonchev–Trinajstić information content (AvgIpc) is 4.03. The van der Waals surface area contributed by atoms with Crippen molar-refractivity contribution < 1.29 is 57.7 Å². The summed E-state index contributed by atoms with van der Waals surface area (Å²) >= 11 is 1.29. The van der Waals surface area contributed by atoms with Crippen molar-refractivity contribution in [3.63, 3.8) is 0 Å². The summed E-state index contributed by atoms with van der Waals surface area (Å²) in [5.74, 6) is -6.41. The number of amides is 6. The van der Waals surface area contributed by atoms with Gasteiger partial charge in [0.1, 0.15) is 42.1 Å². The Morgan fingerprint density at radius 1 is 0.919 bits per heavy atom. The maximum atomic E-state index is 14.9. The summed E-state index contributed by atoms with van der Waals surface area (Å²) in [6.07, 6.45) is -3.62. The average molecular weight is 1050 g/mol. The zero-order chi connectivity index (χ0) is 54.7. The molecule has 406 valence electrons. The molecule has 6 amide bonds. The zero-order valence-corrected chi connectivity index (χ0v) is 45.9. The van der Waals surface area contributed by atoms with Gasteiger partial charge < -0.3 is 50.0 Å². The first-order valence-electron chi connectivity index (χ1n) is 25.9. The SMILES string of the molecule is CC[C@H](C)[C@H]1NC(=O)[C@@H](NC(=O)[C@@H](CC(C)C)N(C)C(=O)c2cc3ccccc3s2)[C@@H](C)OC(=O)[C@H](Cc2ccc(OC)cc2)N(C)C(=O)[C@@H]2CCCN2C(=O)[C@H](CC(C)C)NC(=O)[C@H](C(C)C)OC(=O)C[C@@H]1O. The Morgan fingerprint density at radius 2 is 1.59 bits per heavy atom. The molecule has 3 aromatic rings. The lowest BCUT2D eigenvalue weighted by molar-refractivity contribution is -0.162. The number of carbonyl (C=O) groups is 8. The second-order valence-corrected chi connectivity index (χ2v) is 22.2. The third-order valence-corrected chi connectivity index (χ3v) is 15.2. The number of methoxy groups -OCH3 is 1. The first-order valence-corrected chi connectivity index (χ1v) is 26.7. The number of aliphatic hydroxyl groups is 1. The molecule has 18 nitrogen and oxygen atoms in total. The van der Waals surface area contributed by atoms with Gasteiger partial charge in [0.05, 0.1) is 30.6 Å². The quantitative estimate of drug-likeness (QED) is 0.152. The number of carbonyl (C=O) groups excluding carboxylic acids is 8. The molecule has 0 spiro atoms. The molecule has 0 bridgehead atoms. The van der Waals surface area contributed by atoms with Crippen molar-refractivity contribution in [2.45, 2.75) is 162 Å². The predicted octanol–water partition coefficient (Wildman–Crippen LogP) is 5.27. The van der Waals surface area contributed by atoms with Crippen molar-refractivity contribution in [3.8, 4) is 5.75 Å². The van der Waals surface area contributed by atoms with E-state index in [0.29, 0.717) is 29.0 Å². The minimum absolute atomic E-state index is 0.0677. The molecule has 2 fully saturated rings. The van der Waals surface area contributed by atoms with Crippen LogP contribution in [0, 0.1) is 23.7 Å². The summed E-state index contributed by atoms with van der Waals surface area (Å²) in [7, 11) is 4.47. The number of aliphatic hydroxyl groups excluding tert-OH is 1. The standard InChI is InChI=1S/C55H78N6O12S/c1-13-33(8)46-42(62)29-45(63)73-48(32(6)7)51(66)56-38(25-30(2)3)52(67)61-24-16-18-39(61)53(68)60(11)41(27-35-20-22-37(71-12)23-21-35)55(70)72-34(9)47(50(65)57-46)58-49(64)40(26-31(4)5)59(10)54(69)44-28-36-17-14-15-19-43(36)74-44/h14-15,17,19-23,28,30-34,38-42,46-48,62H,13,16,18,24-27,29H2,1-12H3,(H,56,66)(H,57,65)(H,58,64)/t33-,34+,38-,39-,40+,41-,42-,46+,47-,48-/m0/s1. The van der Waals surface area contributed by atoms with Crippen molar-refractivity contribution in [2.24, 2.45) is 23.7 Å². The van der Waals surface area contributed by atoms with Gasteiger partial charge in [-0.2, -0.15) is 0 Å². The summed E-state index contributed by atoms with van der Waals surface area (Å²) in [6, 6.07) is 8.78. The van der Waals surface area contributed by atoms with Crippen LogP contribution in [0.15, 0.2) is 54.6 Å². The van der Waals surface area contributed by atoms with E-state index >= 15 is 0 Å². The molecule has 2 saturated heterocycles. The van der Waals surface area contributed by atoms with E-state index in [0.717, 1.165) is 10.1 Å². The van der Waals surface area contributed by atoms with Crippen LogP contribution in [-0.2, 0) is 49.5 Å². The van der Waals surface area contributed by atoms with E-state index in [1.165, 1.54) is 54.2 Å². The maximum absolute atomic E-state index is 14.9. The highest BCUT2D eigenvalue weighted by atomic mass is 32.1. The third-order valence-electron chi connectivity index (χ3n) is 14.1. The number of likely N-dealkylation sites (N-methyl/N-ethyl adjacent to an activating group) is 2. The Kier molecular flexibility index (Phi) is 21.0. The smallest absolute Gasteiger partial charge is 0.329 e. The summed E-state index contributed by atoms with van der Waals surface area (Å²) in [6.45, 7) is 16.1. The summed E-state index contributed by atoms with van der Waals surface area (Å²) in [4.78, 5) is 120. The predicted molar refractivity (Wildman–Crippen MR) is 281 cm³/mol. The van der Waals surface area contributed by atoms with Crippen molar-refractivity contribution in [3.05, 3.63) is 65.0 Å². The lowest BCUT2D eigenvalue weighted by atomic mass is 9.92. The number of rotatable bonds is 14. The van der Waals surface area contributed by atoms with Gasteiger partial charge >= 0.3 is 11.9 Å². The van der Waals surface area contributed by atoms with E-state index in [-0.39, 0.29) is 44.1 Å². The van der Waals surface area contributed by atoms with Crippen molar-refractivity contribution in [2.75, 3.05) is 27.7 Å². The number of hydrogen-bond acceptors (Lipinski definition) is 13. The lowest BCUT2D eigenvalue weighted by Gasteiger charge is -2.36. The maximum Gasteiger partial charge on any atom is 0.329 e. The van der Waals surface area contributed by atoms with E-state index in [2.05, 4.69) is 16.0 Å². The number of nitrogens with zero attached hydrogens (tertiary/aromatic N) is 3. The molecule has 19 heteroatoms. The van der Waals surface area contributed by atoms with Crippen LogP contribution in [0.2, 0.25) is 0 Å². The number of fused-ring (bicyclic) bond motifs is 2. The van der Waals surface area contributed by atoms with Crippen molar-refractivity contribution in [1.82, 2.24) is 30.7 Å². The Labute approximate surface area is 439 Å². The monoisotopic (exact) mass is 1050 g/mol. The molecule has 0 aliphatic carbocycles. The lowest BCUT2D eigenvalue weighted by Crippen LogP contribution is -2.61. The Balaban J connectivity index is 1.60. The van der Waals surface area contributed by atoms with Crippen LogP contribution >= 0.6 is 11.3 Å². The van der Waals surface area contributed by atoms with Gasteiger partial charge in [0.15, 0.2) is 6.10 Å². The number of thiophene rings is 1. The van der Waals surface area contributed by atoms with Gasteiger partial charge in [0.2, 0.25) is 23.6 Å². The molecular weight excluding hydrogens is 969 g/mol. The topological polar surface area (TPSA) is 230 Å². The van der Waals surface area contributed by atoms with E-state index < -0.39 is 120 Å². The number of ether oxygens (including phenoxy) is 3. The van der Waals surface area contributed by atoms with Crippen LogP contribution in [0.1, 0.15) is 116 Å². The van der Waals surface area contributed by atoms with Gasteiger partial charge in [-0.05, 0) is 91.5 Å². The van der Waals surface area contributed by atoms with E-state index in [1.54, 1.807) is 51.1 Å². The van der Waals surface area contributed by atoms with E-state index in [4.69, 9.17) is 14.2 Å². The van der Waals surface area contributed by atoms with Gasteiger partial charge in [-0.1, -0.05) is 92.1 Å². The molecule has 4 N–H and O–H groups in total. The molecule has 10 atom stereocenters. The first kappa shape index (κ1) is 58.8. The van der Waals surface area contributed by atoms with Crippen molar-refractivity contribution in [1.29, 1.82) is 0 Å². The highest BCUT2D eigenvalue weighted by Crippen LogP contribution is 2.29. The van der Waals surface area contributed by atoms with Gasteiger partial charge in [-0.15, -0.1) is 11.3 Å². The molecule has 3 heterocycles. The van der Waals surface area contributed by atoms with Crippen molar-refractivity contribution >= 4 is 68.8 Å². The number of benzene rings is 2. The van der Waals surface area contributed by atoms with Crippen LogP contribution in [-0.4, -0.2) is 150 Å². The number of esters is 2. The van der Waals surface area contributed by atoms with E-state index in [9.17, 15) is 43.5 Å². The normalized spacial score (nSPS) is 24.9. The Hall–Kier alpha value is -6.08. The van der Waals surface area contributed by atoms with Crippen LogP contribution in [0.3, 0.4) is 0 Å². The van der Waals surface area contributed by atoms with Crippen LogP contribution in [0.25, 0.3) is 10.1 Å². The van der Waals surface area contributed by atoms with Gasteiger partial charge in [-0.3, -0.25) is 33.6 Å². The molecule has 5 rings (SSSR count). The molecule has 2 aromatic carbocycles. The molecule has 0 unspecified atom stereocenters. The number of nitrogens with one attached hydrogen (secondary N) is 3. The number of cyclic esters (lactones) is 2. The Morgan fingerprint density at radius 3 is 2.20 bits per heavy atom. The van der Waals surface area contributed by atoms with Crippen LogP contribution in [0.4, 0.5) is 0 Å². The van der Waals surface area contributed by atoms with E-state index in [1.807, 2.05) is 58.9 Å². The highest BCUT2D eigenvalue weighted by Gasteiger charge is 2.44. The molecular formula is C55H78N6O12S. The first-order chi connectivity index (χ1) is 34.9. The third kappa shape index (κ3) is 14.8. The second-order valence-electron chi connectivity index (χ2n) is 21.1. The van der Waals surface area contributed by atoms with Gasteiger partial charge in [-0.25, -0.2) is 4.79 Å². The second kappa shape index (κ2) is 26.4. The molecule has 1 aromatic heterocycles. The minimum Gasteiger partial charge on any atom is -0.497 e. The minimum atomic E-state index is -1.66. The zero-order valence-electron chi connectivity index (χ0n) is 45.0. The fraction of sp³-hybridized carbons (Fsp3) is 0.600. The molecule has 2 aliphatic rings. The Bertz CT molecular complexity index is 2430. The summed E-state index contributed by atoms with van der Waals surface area (Å²) in [5.41, 5.74) is 0.622. The fourth-order valence-electron chi connectivity index (χ4n) is 9.56. The largest absolute Gasteiger partial charge is 0.497 e. The van der Waals surface area contributed by atoms with Gasteiger partial charge in [0.25, 0.3) is 11.8 Å². The molecule has 0 saturated carbocycles. The number of hydrogen-bond donors (Lipinski definition) is 4.